The Morgan fingerprint density at radius 2 is 2.10 bits per heavy atom. The van der Waals surface area contributed by atoms with E-state index in [2.05, 4.69) is 23.3 Å². The smallest absolute Gasteiger partial charge is 0.325 e. The van der Waals surface area contributed by atoms with Gasteiger partial charge < -0.3 is 15.4 Å². The second-order valence-corrected chi connectivity index (χ2v) is 4.81. The number of fused-ring (bicyclic) bond motifs is 1. The number of nitrogens with one attached hydrogen (secondary N) is 2. The molecule has 1 heterocycles. The molecule has 5 heteroatoms. The number of amides is 1. The van der Waals surface area contributed by atoms with E-state index < -0.39 is 12.0 Å². The average Bonchev–Trinajstić information content (AvgIpc) is 2.81. The molecule has 0 fully saturated rings. The minimum atomic E-state index is -1.04. The number of para-hydroxylation sites is 1. The van der Waals surface area contributed by atoms with E-state index in [1.807, 2.05) is 18.3 Å². The van der Waals surface area contributed by atoms with Gasteiger partial charge >= 0.3 is 5.97 Å². The molecule has 1 aromatic heterocycles. The van der Waals surface area contributed by atoms with Crippen molar-refractivity contribution in [2.75, 3.05) is 0 Å². The van der Waals surface area contributed by atoms with Crippen LogP contribution in [-0.2, 0) is 22.4 Å². The molecule has 0 spiro atoms. The fraction of sp³-hybridized carbons (Fsp3) is 0.333. The third kappa shape index (κ3) is 2.82. The van der Waals surface area contributed by atoms with E-state index in [0.29, 0.717) is 0 Å². The normalized spacial score (nSPS) is 12.3. The third-order valence-corrected chi connectivity index (χ3v) is 3.37. The zero-order chi connectivity index (χ0) is 14.7. The zero-order valence-corrected chi connectivity index (χ0v) is 11.6. The van der Waals surface area contributed by atoms with E-state index in [1.54, 1.807) is 0 Å². The van der Waals surface area contributed by atoms with Gasteiger partial charge in [0.2, 0.25) is 5.91 Å². The topological polar surface area (TPSA) is 82.2 Å². The van der Waals surface area contributed by atoms with Crippen molar-refractivity contribution in [2.45, 2.75) is 32.7 Å². The minimum Gasteiger partial charge on any atom is -0.480 e. The van der Waals surface area contributed by atoms with Crippen LogP contribution in [0.2, 0.25) is 0 Å². The monoisotopic (exact) mass is 274 g/mol. The number of carbonyl (C=O) groups excluding carboxylic acids is 1. The number of carboxylic acids is 1. The van der Waals surface area contributed by atoms with Crippen molar-refractivity contribution in [2.24, 2.45) is 0 Å². The second kappa shape index (κ2) is 5.77. The highest BCUT2D eigenvalue weighted by molar-refractivity contribution is 5.91. The fourth-order valence-electron chi connectivity index (χ4n) is 2.24. The van der Waals surface area contributed by atoms with Crippen molar-refractivity contribution in [3.63, 3.8) is 0 Å². The SMILES string of the molecule is CCc1cccc2c(CC(=O)N[C@H](C)C(=O)O)c[nH]c12. The summed E-state index contributed by atoms with van der Waals surface area (Å²) in [7, 11) is 0. The van der Waals surface area contributed by atoms with Gasteiger partial charge in [-0.05, 0) is 24.5 Å². The molecule has 2 aromatic rings. The van der Waals surface area contributed by atoms with E-state index in [0.717, 1.165) is 22.9 Å². The van der Waals surface area contributed by atoms with Crippen molar-refractivity contribution in [3.05, 3.63) is 35.5 Å². The average molecular weight is 274 g/mol. The summed E-state index contributed by atoms with van der Waals surface area (Å²) >= 11 is 0. The van der Waals surface area contributed by atoms with Crippen LogP contribution in [0.15, 0.2) is 24.4 Å². The molecule has 1 atom stereocenters. The highest BCUT2D eigenvalue weighted by Gasteiger charge is 2.15. The molecule has 0 aliphatic carbocycles. The van der Waals surface area contributed by atoms with E-state index in [1.165, 1.54) is 12.5 Å². The van der Waals surface area contributed by atoms with Crippen molar-refractivity contribution >= 4 is 22.8 Å². The van der Waals surface area contributed by atoms with Crippen LogP contribution in [0.25, 0.3) is 10.9 Å². The standard InChI is InChI=1S/C15H18N2O3/c1-3-10-5-4-6-12-11(8-16-14(10)12)7-13(18)17-9(2)15(19)20/h4-6,8-9,16H,3,7H2,1-2H3,(H,17,18)(H,19,20)/t9-/m1/s1. The summed E-state index contributed by atoms with van der Waals surface area (Å²) in [6.07, 6.45) is 2.90. The van der Waals surface area contributed by atoms with E-state index in [9.17, 15) is 9.59 Å². The maximum absolute atomic E-state index is 11.8. The molecule has 1 amide bonds. The Balaban J connectivity index is 2.18. The van der Waals surface area contributed by atoms with E-state index >= 15 is 0 Å². The van der Waals surface area contributed by atoms with Crippen LogP contribution in [0.1, 0.15) is 25.0 Å². The summed E-state index contributed by atoms with van der Waals surface area (Å²) in [6.45, 7) is 3.53. The van der Waals surface area contributed by atoms with Gasteiger partial charge in [-0.2, -0.15) is 0 Å². The molecule has 2 rings (SSSR count). The number of aromatic nitrogens is 1. The lowest BCUT2D eigenvalue weighted by atomic mass is 10.1. The van der Waals surface area contributed by atoms with Gasteiger partial charge in [0.05, 0.1) is 6.42 Å². The lowest BCUT2D eigenvalue weighted by Gasteiger charge is -2.08. The Kier molecular flexibility index (Phi) is 4.08. The zero-order valence-electron chi connectivity index (χ0n) is 11.6. The Labute approximate surface area is 117 Å². The van der Waals surface area contributed by atoms with Crippen molar-refractivity contribution in [1.82, 2.24) is 10.3 Å². The second-order valence-electron chi connectivity index (χ2n) is 4.81. The number of aromatic amines is 1. The first-order chi connectivity index (χ1) is 9.52. The molecule has 0 bridgehead atoms. The molecule has 0 unspecified atom stereocenters. The first-order valence-electron chi connectivity index (χ1n) is 6.63. The molecule has 0 aliphatic heterocycles. The molecule has 106 valence electrons. The van der Waals surface area contributed by atoms with Crippen LogP contribution in [0.3, 0.4) is 0 Å². The van der Waals surface area contributed by atoms with Gasteiger partial charge in [-0.25, -0.2) is 0 Å². The highest BCUT2D eigenvalue weighted by Crippen LogP contribution is 2.22. The van der Waals surface area contributed by atoms with Gasteiger partial charge in [0, 0.05) is 17.1 Å². The fourth-order valence-corrected chi connectivity index (χ4v) is 2.24. The summed E-state index contributed by atoms with van der Waals surface area (Å²) in [6, 6.07) is 5.11. The number of carboxylic acid groups (broad SMARTS) is 1. The molecule has 0 saturated carbocycles. The number of hydrogen-bond acceptors (Lipinski definition) is 2. The number of carbonyl (C=O) groups is 2. The van der Waals surface area contributed by atoms with Gasteiger partial charge in [0.15, 0.2) is 0 Å². The summed E-state index contributed by atoms with van der Waals surface area (Å²) in [5.74, 6) is -1.33. The van der Waals surface area contributed by atoms with E-state index in [4.69, 9.17) is 5.11 Å². The number of aliphatic carboxylic acids is 1. The summed E-state index contributed by atoms with van der Waals surface area (Å²) in [5.41, 5.74) is 3.13. The maximum Gasteiger partial charge on any atom is 0.325 e. The number of hydrogen-bond donors (Lipinski definition) is 3. The minimum absolute atomic E-state index is 0.171. The largest absolute Gasteiger partial charge is 0.480 e. The Bertz CT molecular complexity index is 646. The Morgan fingerprint density at radius 3 is 2.75 bits per heavy atom. The molecule has 0 saturated heterocycles. The number of H-pyrrole nitrogens is 1. The van der Waals surface area contributed by atoms with Crippen LogP contribution in [-0.4, -0.2) is 28.0 Å². The molecule has 20 heavy (non-hydrogen) atoms. The first-order valence-corrected chi connectivity index (χ1v) is 6.63. The van der Waals surface area contributed by atoms with Crippen molar-refractivity contribution in [1.29, 1.82) is 0 Å². The van der Waals surface area contributed by atoms with Gasteiger partial charge in [0.25, 0.3) is 0 Å². The van der Waals surface area contributed by atoms with E-state index in [-0.39, 0.29) is 12.3 Å². The van der Waals surface area contributed by atoms with Crippen LogP contribution < -0.4 is 5.32 Å². The number of aryl methyl sites for hydroxylation is 1. The van der Waals surface area contributed by atoms with Crippen LogP contribution in [0.4, 0.5) is 0 Å². The van der Waals surface area contributed by atoms with Crippen molar-refractivity contribution in [3.8, 4) is 0 Å². The molecule has 0 aliphatic rings. The summed E-state index contributed by atoms with van der Waals surface area (Å²) in [5, 5.41) is 12.3. The molecule has 3 N–H and O–H groups in total. The first kappa shape index (κ1) is 14.1. The molecule has 1 aromatic carbocycles. The summed E-state index contributed by atoms with van der Waals surface area (Å²) in [4.78, 5) is 25.7. The molecular formula is C15H18N2O3. The number of rotatable bonds is 5. The maximum atomic E-state index is 11.8. The predicted molar refractivity (Wildman–Crippen MR) is 76.6 cm³/mol. The lowest BCUT2D eigenvalue weighted by Crippen LogP contribution is -2.39. The van der Waals surface area contributed by atoms with Crippen LogP contribution in [0, 0.1) is 0 Å². The van der Waals surface area contributed by atoms with Gasteiger partial charge in [-0.15, -0.1) is 0 Å². The summed E-state index contributed by atoms with van der Waals surface area (Å²) < 4.78 is 0. The van der Waals surface area contributed by atoms with Crippen LogP contribution >= 0.6 is 0 Å². The van der Waals surface area contributed by atoms with Crippen LogP contribution in [0.5, 0.6) is 0 Å². The third-order valence-electron chi connectivity index (χ3n) is 3.37. The van der Waals surface area contributed by atoms with Gasteiger partial charge in [-0.1, -0.05) is 25.1 Å². The molecule has 5 nitrogen and oxygen atoms in total. The predicted octanol–water partition coefficient (Wildman–Crippen LogP) is 1.86. The molecular weight excluding hydrogens is 256 g/mol. The highest BCUT2D eigenvalue weighted by atomic mass is 16.4. The van der Waals surface area contributed by atoms with Gasteiger partial charge in [0.1, 0.15) is 6.04 Å². The van der Waals surface area contributed by atoms with Gasteiger partial charge in [-0.3, -0.25) is 9.59 Å². The Morgan fingerprint density at radius 1 is 1.35 bits per heavy atom. The molecule has 0 radical (unpaired) electrons. The quantitative estimate of drug-likeness (QED) is 0.778. The number of benzene rings is 1. The Hall–Kier alpha value is -2.30. The lowest BCUT2D eigenvalue weighted by molar-refractivity contribution is -0.141. The van der Waals surface area contributed by atoms with Crippen molar-refractivity contribution < 1.29 is 14.7 Å².